The lowest BCUT2D eigenvalue weighted by atomic mass is 9.83. The molecule has 8 nitrogen and oxygen atoms in total. The number of hydrogen-bond donors (Lipinski definition) is 1. The van der Waals surface area contributed by atoms with Gasteiger partial charge in [-0.05, 0) is 47.1 Å². The first-order valence-corrected chi connectivity index (χ1v) is 9.15. The van der Waals surface area contributed by atoms with Crippen molar-refractivity contribution in [3.05, 3.63) is 46.0 Å². The third-order valence-electron chi connectivity index (χ3n) is 3.89. The number of nitro groups is 1. The van der Waals surface area contributed by atoms with Crippen molar-refractivity contribution in [3.63, 3.8) is 0 Å². The van der Waals surface area contributed by atoms with Crippen LogP contribution in [-0.4, -0.2) is 33.7 Å². The molecule has 1 rings (SSSR count). The van der Waals surface area contributed by atoms with Crippen LogP contribution in [0, 0.1) is 10.1 Å². The number of benzene rings is 1. The average Bonchev–Trinajstić information content (AvgIpc) is 2.52. The second kappa shape index (κ2) is 8.58. The molecule has 1 aromatic rings. The molecule has 0 aliphatic rings. The molecular formula is C20H30N2O6. The highest BCUT2D eigenvalue weighted by molar-refractivity contribution is 5.82. The number of rotatable bonds is 6. The van der Waals surface area contributed by atoms with Crippen LogP contribution in [-0.2, 0) is 14.3 Å². The molecule has 2 atom stereocenters. The standard InChI is InChI=1S/C20H30N2O6/c1-8-20(22(25)26,16(23)27-18(2,3)4)15(14-12-10-9-11-13-14)21-17(24)28-19(5,6)7/h9-13,15H,8H2,1-7H3,(H,21,24)/t15-,20-/m1/s1. The zero-order valence-corrected chi connectivity index (χ0v) is 17.6. The number of nitrogens with zero attached hydrogens (tertiary/aromatic N) is 1. The summed E-state index contributed by atoms with van der Waals surface area (Å²) in [7, 11) is 0. The predicted octanol–water partition coefficient (Wildman–Crippen LogP) is 4.02. The maximum Gasteiger partial charge on any atom is 0.408 e. The Bertz CT molecular complexity index is 706. The van der Waals surface area contributed by atoms with Crippen molar-refractivity contribution in [2.45, 2.75) is 77.7 Å². The molecule has 0 fully saturated rings. The Morgan fingerprint density at radius 3 is 1.93 bits per heavy atom. The fraction of sp³-hybridized carbons (Fsp3) is 0.600. The Labute approximate surface area is 165 Å². The summed E-state index contributed by atoms with van der Waals surface area (Å²) in [5.74, 6) is -1.02. The first kappa shape index (κ1) is 23.4. The van der Waals surface area contributed by atoms with E-state index < -0.39 is 39.8 Å². The highest BCUT2D eigenvalue weighted by Crippen LogP contribution is 2.35. The van der Waals surface area contributed by atoms with Crippen molar-refractivity contribution in [1.82, 2.24) is 5.32 Å². The van der Waals surface area contributed by atoms with Crippen molar-refractivity contribution in [2.75, 3.05) is 0 Å². The molecule has 0 unspecified atom stereocenters. The summed E-state index contributed by atoms with van der Waals surface area (Å²) in [6, 6.07) is 7.03. The molecule has 0 spiro atoms. The second-order valence-electron chi connectivity index (χ2n) is 8.53. The Kier molecular flexibility index (Phi) is 7.17. The fourth-order valence-electron chi connectivity index (χ4n) is 2.69. The van der Waals surface area contributed by atoms with E-state index in [1.807, 2.05) is 0 Å². The van der Waals surface area contributed by atoms with Crippen LogP contribution in [0.4, 0.5) is 4.79 Å². The van der Waals surface area contributed by atoms with Gasteiger partial charge in [-0.25, -0.2) is 9.59 Å². The molecule has 28 heavy (non-hydrogen) atoms. The molecular weight excluding hydrogens is 364 g/mol. The predicted molar refractivity (Wildman–Crippen MR) is 104 cm³/mol. The Morgan fingerprint density at radius 1 is 1.04 bits per heavy atom. The van der Waals surface area contributed by atoms with Gasteiger partial charge in [-0.1, -0.05) is 37.3 Å². The average molecular weight is 394 g/mol. The van der Waals surface area contributed by atoms with Gasteiger partial charge in [0.1, 0.15) is 17.2 Å². The number of nitrogens with one attached hydrogen (secondary N) is 1. The SMILES string of the molecule is CC[C@](C(=O)OC(C)(C)C)([C@H](NC(=O)OC(C)(C)C)c1ccccc1)[N+](=O)[O-]. The lowest BCUT2D eigenvalue weighted by Crippen LogP contribution is -2.58. The van der Waals surface area contributed by atoms with Crippen LogP contribution in [0.5, 0.6) is 0 Å². The van der Waals surface area contributed by atoms with E-state index in [4.69, 9.17) is 9.47 Å². The molecule has 1 amide bonds. The van der Waals surface area contributed by atoms with E-state index in [1.165, 1.54) is 6.92 Å². The van der Waals surface area contributed by atoms with E-state index in [-0.39, 0.29) is 6.42 Å². The van der Waals surface area contributed by atoms with Gasteiger partial charge in [0.05, 0.1) is 0 Å². The summed E-state index contributed by atoms with van der Waals surface area (Å²) >= 11 is 0. The molecule has 0 saturated carbocycles. The van der Waals surface area contributed by atoms with Crippen LogP contribution in [0.2, 0.25) is 0 Å². The molecule has 156 valence electrons. The first-order valence-electron chi connectivity index (χ1n) is 9.15. The summed E-state index contributed by atoms with van der Waals surface area (Å²) in [4.78, 5) is 36.9. The Hall–Kier alpha value is -2.64. The van der Waals surface area contributed by atoms with Gasteiger partial charge in [0.2, 0.25) is 0 Å². The lowest BCUT2D eigenvalue weighted by Gasteiger charge is -2.34. The van der Waals surface area contributed by atoms with Gasteiger partial charge in [0.15, 0.2) is 0 Å². The number of hydrogen-bond acceptors (Lipinski definition) is 6. The Morgan fingerprint density at radius 2 is 1.54 bits per heavy atom. The van der Waals surface area contributed by atoms with Gasteiger partial charge in [-0.15, -0.1) is 0 Å². The van der Waals surface area contributed by atoms with Gasteiger partial charge in [0, 0.05) is 11.3 Å². The largest absolute Gasteiger partial charge is 0.455 e. The van der Waals surface area contributed by atoms with Gasteiger partial charge in [-0.3, -0.25) is 10.1 Å². The molecule has 0 aliphatic heterocycles. The van der Waals surface area contributed by atoms with E-state index >= 15 is 0 Å². The molecule has 0 saturated heterocycles. The molecule has 8 heteroatoms. The van der Waals surface area contributed by atoms with Crippen LogP contribution >= 0.6 is 0 Å². The third-order valence-corrected chi connectivity index (χ3v) is 3.89. The molecule has 0 radical (unpaired) electrons. The van der Waals surface area contributed by atoms with Crippen molar-refractivity contribution < 1.29 is 24.0 Å². The monoisotopic (exact) mass is 394 g/mol. The summed E-state index contributed by atoms with van der Waals surface area (Å²) in [5, 5.41) is 14.7. The summed E-state index contributed by atoms with van der Waals surface area (Å²) in [6.45, 7) is 11.4. The minimum atomic E-state index is -2.22. The number of esters is 1. The number of alkyl carbamates (subject to hydrolysis) is 1. The zero-order chi connectivity index (χ0) is 21.8. The van der Waals surface area contributed by atoms with Crippen molar-refractivity contribution >= 4 is 12.1 Å². The third kappa shape index (κ3) is 5.94. The molecule has 0 aliphatic carbocycles. The topological polar surface area (TPSA) is 108 Å². The Balaban J connectivity index is 3.49. The van der Waals surface area contributed by atoms with Crippen LogP contribution in [0.25, 0.3) is 0 Å². The van der Waals surface area contributed by atoms with Crippen molar-refractivity contribution in [2.24, 2.45) is 0 Å². The summed E-state index contributed by atoms with van der Waals surface area (Å²) in [6.07, 6.45) is -1.05. The van der Waals surface area contributed by atoms with Crippen LogP contribution in [0.15, 0.2) is 30.3 Å². The van der Waals surface area contributed by atoms with E-state index in [9.17, 15) is 19.7 Å². The lowest BCUT2D eigenvalue weighted by molar-refractivity contribution is -0.562. The quantitative estimate of drug-likeness (QED) is 0.443. The summed E-state index contributed by atoms with van der Waals surface area (Å²) in [5.41, 5.74) is -3.55. The first-order chi connectivity index (χ1) is 12.7. The highest BCUT2D eigenvalue weighted by atomic mass is 16.6. The van der Waals surface area contributed by atoms with E-state index in [0.29, 0.717) is 5.56 Å². The highest BCUT2D eigenvalue weighted by Gasteiger charge is 2.60. The summed E-state index contributed by atoms with van der Waals surface area (Å²) < 4.78 is 10.6. The molecule has 0 aromatic heterocycles. The maximum atomic E-state index is 13.0. The maximum absolute atomic E-state index is 13.0. The van der Waals surface area contributed by atoms with E-state index in [0.717, 1.165) is 0 Å². The molecule has 1 aromatic carbocycles. The number of ether oxygens (including phenoxy) is 2. The van der Waals surface area contributed by atoms with Crippen LogP contribution in [0.1, 0.15) is 66.5 Å². The van der Waals surface area contributed by atoms with Gasteiger partial charge < -0.3 is 14.8 Å². The number of carbonyl (C=O) groups excluding carboxylic acids is 2. The van der Waals surface area contributed by atoms with Crippen molar-refractivity contribution in [3.8, 4) is 0 Å². The molecule has 0 bridgehead atoms. The van der Waals surface area contributed by atoms with Crippen LogP contribution in [0.3, 0.4) is 0 Å². The smallest absolute Gasteiger partial charge is 0.408 e. The minimum absolute atomic E-state index is 0.190. The molecule has 1 N–H and O–H groups in total. The van der Waals surface area contributed by atoms with E-state index in [1.54, 1.807) is 71.9 Å². The van der Waals surface area contributed by atoms with Gasteiger partial charge in [-0.2, -0.15) is 0 Å². The van der Waals surface area contributed by atoms with Crippen molar-refractivity contribution in [1.29, 1.82) is 0 Å². The second-order valence-corrected chi connectivity index (χ2v) is 8.53. The van der Waals surface area contributed by atoms with Gasteiger partial charge in [0.25, 0.3) is 0 Å². The van der Waals surface area contributed by atoms with Crippen LogP contribution < -0.4 is 5.32 Å². The van der Waals surface area contributed by atoms with E-state index in [2.05, 4.69) is 5.32 Å². The molecule has 0 heterocycles. The minimum Gasteiger partial charge on any atom is -0.455 e. The normalized spacial score (nSPS) is 15.1. The zero-order valence-electron chi connectivity index (χ0n) is 17.6. The number of carbonyl (C=O) groups is 2. The number of amides is 1. The van der Waals surface area contributed by atoms with Gasteiger partial charge >= 0.3 is 17.6 Å². The fourth-order valence-corrected chi connectivity index (χ4v) is 2.69.